The SMILES string of the molecule is COC(CCC[C@@H](C)C(=O)O)(OC)c1cc(Cl)ccn1. The summed E-state index contributed by atoms with van der Waals surface area (Å²) in [5.41, 5.74) is 0.581. The van der Waals surface area contributed by atoms with Crippen molar-refractivity contribution in [2.45, 2.75) is 32.0 Å². The van der Waals surface area contributed by atoms with Crippen LogP contribution < -0.4 is 0 Å². The number of aromatic nitrogens is 1. The molecule has 0 aliphatic carbocycles. The molecule has 20 heavy (non-hydrogen) atoms. The van der Waals surface area contributed by atoms with Gasteiger partial charge in [0.05, 0.1) is 5.92 Å². The van der Waals surface area contributed by atoms with Gasteiger partial charge in [-0.25, -0.2) is 0 Å². The third kappa shape index (κ3) is 4.16. The van der Waals surface area contributed by atoms with Crippen molar-refractivity contribution in [3.63, 3.8) is 0 Å². The normalized spacial score (nSPS) is 13.2. The van der Waals surface area contributed by atoms with Gasteiger partial charge in [0, 0.05) is 31.9 Å². The molecule has 0 saturated carbocycles. The molecule has 0 aliphatic heterocycles. The highest BCUT2D eigenvalue weighted by atomic mass is 35.5. The number of nitrogens with zero attached hydrogens (tertiary/aromatic N) is 1. The minimum atomic E-state index is -0.997. The van der Waals surface area contributed by atoms with Crippen molar-refractivity contribution < 1.29 is 19.4 Å². The quantitative estimate of drug-likeness (QED) is 0.747. The van der Waals surface area contributed by atoms with Gasteiger partial charge in [-0.3, -0.25) is 9.78 Å². The smallest absolute Gasteiger partial charge is 0.306 e. The molecule has 0 fully saturated rings. The Balaban J connectivity index is 2.79. The molecule has 1 aromatic heterocycles. The number of carboxylic acids is 1. The summed E-state index contributed by atoms with van der Waals surface area (Å²) in [6, 6.07) is 3.36. The average molecular weight is 302 g/mol. The maximum atomic E-state index is 10.8. The highest BCUT2D eigenvalue weighted by Gasteiger charge is 2.33. The zero-order valence-corrected chi connectivity index (χ0v) is 12.7. The Morgan fingerprint density at radius 2 is 2.15 bits per heavy atom. The summed E-state index contributed by atoms with van der Waals surface area (Å²) >= 11 is 5.96. The Kier molecular flexibility index (Phi) is 6.39. The molecule has 0 aromatic carbocycles. The monoisotopic (exact) mass is 301 g/mol. The van der Waals surface area contributed by atoms with Crippen molar-refractivity contribution in [1.82, 2.24) is 4.98 Å². The Labute approximate surface area is 123 Å². The van der Waals surface area contributed by atoms with Crippen molar-refractivity contribution in [2.24, 2.45) is 5.92 Å². The lowest BCUT2D eigenvalue weighted by Crippen LogP contribution is -2.32. The average Bonchev–Trinajstić information content (AvgIpc) is 2.43. The van der Waals surface area contributed by atoms with E-state index in [0.717, 1.165) is 0 Å². The largest absolute Gasteiger partial charge is 0.481 e. The van der Waals surface area contributed by atoms with Crippen LogP contribution in [0.3, 0.4) is 0 Å². The zero-order chi connectivity index (χ0) is 15.2. The summed E-state index contributed by atoms with van der Waals surface area (Å²) in [5.74, 6) is -2.19. The molecular weight excluding hydrogens is 282 g/mol. The van der Waals surface area contributed by atoms with Gasteiger partial charge >= 0.3 is 5.97 Å². The third-order valence-corrected chi connectivity index (χ3v) is 3.57. The van der Waals surface area contributed by atoms with Gasteiger partial charge in [-0.15, -0.1) is 0 Å². The second-order valence-electron chi connectivity index (χ2n) is 4.65. The van der Waals surface area contributed by atoms with Crippen LogP contribution in [0.2, 0.25) is 5.02 Å². The van der Waals surface area contributed by atoms with Crippen LogP contribution in [-0.4, -0.2) is 30.3 Å². The lowest BCUT2D eigenvalue weighted by Gasteiger charge is -2.30. The fourth-order valence-electron chi connectivity index (χ4n) is 2.00. The summed E-state index contributed by atoms with van der Waals surface area (Å²) in [5, 5.41) is 9.44. The summed E-state index contributed by atoms with van der Waals surface area (Å²) in [7, 11) is 3.07. The maximum absolute atomic E-state index is 10.8. The van der Waals surface area contributed by atoms with Gasteiger partial charge in [0.15, 0.2) is 0 Å². The van der Waals surface area contributed by atoms with Crippen LogP contribution in [0, 0.1) is 5.92 Å². The van der Waals surface area contributed by atoms with Crippen molar-refractivity contribution in [2.75, 3.05) is 14.2 Å². The van der Waals surface area contributed by atoms with E-state index < -0.39 is 17.7 Å². The number of ether oxygens (including phenoxy) is 2. The maximum Gasteiger partial charge on any atom is 0.306 e. The number of methoxy groups -OCH3 is 2. The van der Waals surface area contributed by atoms with E-state index in [1.807, 2.05) is 0 Å². The van der Waals surface area contributed by atoms with Crippen LogP contribution in [-0.2, 0) is 20.1 Å². The van der Waals surface area contributed by atoms with Crippen LogP contribution in [0.4, 0.5) is 0 Å². The number of pyridine rings is 1. The molecule has 112 valence electrons. The number of rotatable bonds is 8. The molecule has 5 nitrogen and oxygen atoms in total. The topological polar surface area (TPSA) is 68.7 Å². The lowest BCUT2D eigenvalue weighted by molar-refractivity contribution is -0.223. The van der Waals surface area contributed by atoms with E-state index in [-0.39, 0.29) is 0 Å². The van der Waals surface area contributed by atoms with E-state index in [0.29, 0.717) is 30.0 Å². The Morgan fingerprint density at radius 3 is 2.65 bits per heavy atom. The van der Waals surface area contributed by atoms with Crippen LogP contribution in [0.15, 0.2) is 18.3 Å². The number of hydrogen-bond donors (Lipinski definition) is 1. The van der Waals surface area contributed by atoms with Crippen molar-refractivity contribution in [3.05, 3.63) is 29.0 Å². The Morgan fingerprint density at radius 1 is 1.50 bits per heavy atom. The predicted molar refractivity (Wildman–Crippen MR) is 75.6 cm³/mol. The first kappa shape index (κ1) is 16.9. The van der Waals surface area contributed by atoms with Crippen molar-refractivity contribution in [1.29, 1.82) is 0 Å². The van der Waals surface area contributed by atoms with E-state index in [9.17, 15) is 4.79 Å². The highest BCUT2D eigenvalue weighted by molar-refractivity contribution is 6.30. The molecule has 0 bridgehead atoms. The van der Waals surface area contributed by atoms with Gasteiger partial charge in [-0.2, -0.15) is 0 Å². The van der Waals surface area contributed by atoms with E-state index in [1.54, 1.807) is 25.3 Å². The number of hydrogen-bond acceptors (Lipinski definition) is 4. The van der Waals surface area contributed by atoms with Gasteiger partial charge < -0.3 is 14.6 Å². The third-order valence-electron chi connectivity index (χ3n) is 3.34. The van der Waals surface area contributed by atoms with Crippen LogP contribution in [0.25, 0.3) is 0 Å². The van der Waals surface area contributed by atoms with Crippen LogP contribution in [0.5, 0.6) is 0 Å². The second-order valence-corrected chi connectivity index (χ2v) is 5.09. The van der Waals surface area contributed by atoms with Crippen molar-refractivity contribution in [3.8, 4) is 0 Å². The van der Waals surface area contributed by atoms with Gasteiger partial charge in [0.25, 0.3) is 0 Å². The lowest BCUT2D eigenvalue weighted by atomic mass is 9.99. The van der Waals surface area contributed by atoms with Crippen LogP contribution >= 0.6 is 11.6 Å². The molecule has 1 N–H and O–H groups in total. The minimum absolute atomic E-state index is 0.395. The van der Waals surface area contributed by atoms with E-state index >= 15 is 0 Å². The summed E-state index contributed by atoms with van der Waals surface area (Å²) < 4.78 is 11.0. The molecule has 0 radical (unpaired) electrons. The van der Waals surface area contributed by atoms with Gasteiger partial charge in [-0.1, -0.05) is 18.5 Å². The fourth-order valence-corrected chi connectivity index (χ4v) is 2.16. The molecule has 1 heterocycles. The highest BCUT2D eigenvalue weighted by Crippen LogP contribution is 2.32. The molecule has 1 aromatic rings. The molecule has 0 unspecified atom stereocenters. The first-order valence-electron chi connectivity index (χ1n) is 6.40. The summed E-state index contributed by atoms with van der Waals surface area (Å²) in [6.07, 6.45) is 3.28. The molecule has 1 rings (SSSR count). The van der Waals surface area contributed by atoms with E-state index in [1.165, 1.54) is 14.2 Å². The zero-order valence-electron chi connectivity index (χ0n) is 11.9. The van der Waals surface area contributed by atoms with Gasteiger partial charge in [0.1, 0.15) is 5.69 Å². The molecule has 0 saturated heterocycles. The number of carbonyl (C=O) groups is 1. The second kappa shape index (κ2) is 7.57. The number of aliphatic carboxylic acids is 1. The number of carboxylic acid groups (broad SMARTS) is 1. The first-order valence-corrected chi connectivity index (χ1v) is 6.78. The fraction of sp³-hybridized carbons (Fsp3) is 0.571. The molecule has 0 aliphatic rings. The molecular formula is C14H20ClNO4. The molecule has 6 heteroatoms. The van der Waals surface area contributed by atoms with Crippen LogP contribution in [0.1, 0.15) is 31.9 Å². The predicted octanol–water partition coefficient (Wildman–Crippen LogP) is 3.07. The first-order chi connectivity index (χ1) is 9.45. The minimum Gasteiger partial charge on any atom is -0.481 e. The summed E-state index contributed by atoms with van der Waals surface area (Å²) in [6.45, 7) is 1.68. The molecule has 0 amide bonds. The van der Waals surface area contributed by atoms with Gasteiger partial charge in [-0.05, 0) is 25.0 Å². The summed E-state index contributed by atoms with van der Waals surface area (Å²) in [4.78, 5) is 15.1. The Bertz CT molecular complexity index is 449. The van der Waals surface area contributed by atoms with Gasteiger partial charge in [0.2, 0.25) is 5.79 Å². The standard InChI is InChI=1S/C14H20ClNO4/c1-10(13(17)18)5-4-7-14(19-2,20-3)12-9-11(15)6-8-16-12/h6,8-10H,4-5,7H2,1-3H3,(H,17,18)/t10-/m1/s1. The number of halogens is 1. The van der Waals surface area contributed by atoms with E-state index in [2.05, 4.69) is 4.98 Å². The molecule has 1 atom stereocenters. The van der Waals surface area contributed by atoms with E-state index in [4.69, 9.17) is 26.2 Å². The van der Waals surface area contributed by atoms with Crippen molar-refractivity contribution >= 4 is 17.6 Å². The Hall–Kier alpha value is -1.17. The molecule has 0 spiro atoms.